The number of carbonyl (C=O) groups excluding carboxylic acids is 3. The molecule has 35 heavy (non-hydrogen) atoms. The van der Waals surface area contributed by atoms with Crippen molar-refractivity contribution in [2.24, 2.45) is 5.73 Å². The number of phenolic OH excluding ortho intramolecular Hbond substituents is 1. The molecule has 11 heteroatoms. The van der Waals surface area contributed by atoms with E-state index in [1.165, 1.54) is 20.1 Å². The number of carbonyl (C=O) groups is 3. The fourth-order valence-electron chi connectivity index (χ4n) is 3.61. The second-order valence-electron chi connectivity index (χ2n) is 8.09. The molecule has 6 N–H and O–H groups in total. The fourth-order valence-corrected chi connectivity index (χ4v) is 4.67. The lowest BCUT2D eigenvalue weighted by atomic mass is 10.0. The number of H-pyrrole nitrogens is 1. The molecule has 2 amide bonds. The van der Waals surface area contributed by atoms with Crippen molar-refractivity contribution in [1.82, 2.24) is 15.6 Å². The van der Waals surface area contributed by atoms with Gasteiger partial charge in [0.2, 0.25) is 11.8 Å². The van der Waals surface area contributed by atoms with Gasteiger partial charge in [0.1, 0.15) is 17.8 Å². The minimum absolute atomic E-state index is 0.151. The topological polar surface area (TPSA) is 147 Å². The van der Waals surface area contributed by atoms with Crippen molar-refractivity contribution in [3.05, 3.63) is 61.8 Å². The van der Waals surface area contributed by atoms with Crippen LogP contribution in [-0.4, -0.2) is 53.1 Å². The van der Waals surface area contributed by atoms with Crippen LogP contribution in [-0.2, 0) is 32.0 Å². The molecule has 3 rings (SSSR count). The summed E-state index contributed by atoms with van der Waals surface area (Å²) >= 11 is 5.47. The standard InChI is InChI=1S/C24H26BrIN4O5/c1-12(29-23(33)18(27)9-13-6-7-20(31)17(26)8-13)22(32)30-19(24(34)35-2)10-14-11-28-21-15(14)4-3-5-16(21)25/h3-8,11-12,18-19,28,31H,9-10,27H2,1-2H3,(H,29,33)(H,30,32)/t12-,18-,19-/m0/s1. The zero-order chi connectivity index (χ0) is 25.7. The minimum atomic E-state index is -0.947. The summed E-state index contributed by atoms with van der Waals surface area (Å²) in [7, 11) is 1.25. The number of aromatic hydroxyl groups is 1. The van der Waals surface area contributed by atoms with E-state index in [1.54, 1.807) is 18.3 Å². The van der Waals surface area contributed by atoms with Crippen LogP contribution in [0.1, 0.15) is 18.1 Å². The predicted molar refractivity (Wildman–Crippen MR) is 144 cm³/mol. The van der Waals surface area contributed by atoms with Crippen LogP contribution in [0.15, 0.2) is 47.1 Å². The molecule has 3 atom stereocenters. The Morgan fingerprint density at radius 3 is 2.60 bits per heavy atom. The molecule has 1 heterocycles. The zero-order valence-corrected chi connectivity index (χ0v) is 22.8. The van der Waals surface area contributed by atoms with Crippen molar-refractivity contribution >= 4 is 67.2 Å². The lowest BCUT2D eigenvalue weighted by Gasteiger charge is -2.21. The second kappa shape index (κ2) is 11.9. The maximum Gasteiger partial charge on any atom is 0.328 e. The van der Waals surface area contributed by atoms with Crippen molar-refractivity contribution < 1.29 is 24.2 Å². The molecule has 1 aromatic heterocycles. The maximum atomic E-state index is 12.8. The Labute approximate surface area is 224 Å². The average Bonchev–Trinajstić information content (AvgIpc) is 3.24. The highest BCUT2D eigenvalue weighted by Crippen LogP contribution is 2.26. The number of aromatic amines is 1. The van der Waals surface area contributed by atoms with Crippen LogP contribution in [0.25, 0.3) is 10.9 Å². The van der Waals surface area contributed by atoms with Gasteiger partial charge in [-0.25, -0.2) is 4.79 Å². The summed E-state index contributed by atoms with van der Waals surface area (Å²) in [6.45, 7) is 1.51. The molecule has 0 fully saturated rings. The fraction of sp³-hybridized carbons (Fsp3) is 0.292. The highest BCUT2D eigenvalue weighted by atomic mass is 127. The van der Waals surface area contributed by atoms with Gasteiger partial charge in [-0.05, 0) is 81.2 Å². The highest BCUT2D eigenvalue weighted by Gasteiger charge is 2.27. The first-order valence-corrected chi connectivity index (χ1v) is 12.6. The largest absolute Gasteiger partial charge is 0.507 e. The van der Waals surface area contributed by atoms with Crippen LogP contribution in [0.5, 0.6) is 5.75 Å². The van der Waals surface area contributed by atoms with Crippen LogP contribution in [0, 0.1) is 3.57 Å². The number of rotatable bonds is 9. The van der Waals surface area contributed by atoms with Crippen LogP contribution >= 0.6 is 38.5 Å². The number of ether oxygens (including phenoxy) is 1. The third kappa shape index (κ3) is 6.73. The summed E-state index contributed by atoms with van der Waals surface area (Å²) in [5, 5.41) is 15.8. The third-order valence-electron chi connectivity index (χ3n) is 5.53. The number of benzene rings is 2. The maximum absolute atomic E-state index is 12.8. The Morgan fingerprint density at radius 1 is 1.17 bits per heavy atom. The lowest BCUT2D eigenvalue weighted by Crippen LogP contribution is -2.54. The molecular weight excluding hydrogens is 631 g/mol. The molecule has 0 bridgehead atoms. The van der Waals surface area contributed by atoms with Crippen molar-refractivity contribution in [2.45, 2.75) is 37.9 Å². The summed E-state index contributed by atoms with van der Waals surface area (Å²) in [5.41, 5.74) is 8.52. The van der Waals surface area contributed by atoms with Crippen molar-refractivity contribution in [3.8, 4) is 5.75 Å². The van der Waals surface area contributed by atoms with Gasteiger partial charge in [0.15, 0.2) is 0 Å². The zero-order valence-electron chi connectivity index (χ0n) is 19.1. The molecule has 0 spiro atoms. The summed E-state index contributed by atoms with van der Waals surface area (Å²) < 4.78 is 6.42. The number of esters is 1. The molecule has 9 nitrogen and oxygen atoms in total. The van der Waals surface area contributed by atoms with Gasteiger partial charge >= 0.3 is 5.97 Å². The Hall–Kier alpha value is -2.64. The molecule has 0 aliphatic heterocycles. The van der Waals surface area contributed by atoms with Crippen molar-refractivity contribution in [2.75, 3.05) is 7.11 Å². The average molecular weight is 657 g/mol. The van der Waals surface area contributed by atoms with Gasteiger partial charge in [0.05, 0.1) is 22.2 Å². The predicted octanol–water partition coefficient (Wildman–Crippen LogP) is 2.52. The summed E-state index contributed by atoms with van der Waals surface area (Å²) in [5.74, 6) is -1.49. The molecule has 0 aliphatic carbocycles. The molecule has 0 saturated heterocycles. The molecule has 3 aromatic rings. The van der Waals surface area contributed by atoms with E-state index < -0.39 is 35.9 Å². The Kier molecular flexibility index (Phi) is 9.14. The van der Waals surface area contributed by atoms with Gasteiger partial charge in [0, 0.05) is 22.5 Å². The molecule has 0 aliphatic rings. The van der Waals surface area contributed by atoms with Crippen LogP contribution < -0.4 is 16.4 Å². The number of nitrogens with one attached hydrogen (secondary N) is 3. The second-order valence-corrected chi connectivity index (χ2v) is 10.1. The quantitative estimate of drug-likeness (QED) is 0.177. The summed E-state index contributed by atoms with van der Waals surface area (Å²) in [4.78, 5) is 40.9. The van der Waals surface area contributed by atoms with E-state index in [1.807, 2.05) is 40.8 Å². The molecule has 186 valence electrons. The van der Waals surface area contributed by atoms with E-state index in [4.69, 9.17) is 10.5 Å². The smallest absolute Gasteiger partial charge is 0.328 e. The monoisotopic (exact) mass is 656 g/mol. The first-order chi connectivity index (χ1) is 16.6. The third-order valence-corrected chi connectivity index (χ3v) is 7.06. The van der Waals surface area contributed by atoms with Gasteiger partial charge < -0.3 is 31.2 Å². The number of hydrogen-bond donors (Lipinski definition) is 5. The number of aromatic nitrogens is 1. The SMILES string of the molecule is COC(=O)[C@H](Cc1c[nH]c2c(Br)cccc12)NC(=O)[C@H](C)NC(=O)[C@@H](N)Cc1ccc(O)c(I)c1. The van der Waals surface area contributed by atoms with Gasteiger partial charge in [-0.15, -0.1) is 0 Å². The van der Waals surface area contributed by atoms with E-state index in [2.05, 4.69) is 31.5 Å². The van der Waals surface area contributed by atoms with Crippen molar-refractivity contribution in [1.29, 1.82) is 0 Å². The first kappa shape index (κ1) is 27.0. The Balaban J connectivity index is 1.63. The van der Waals surface area contributed by atoms with Crippen LogP contribution in [0.4, 0.5) is 0 Å². The summed E-state index contributed by atoms with van der Waals surface area (Å²) in [6, 6.07) is 7.89. The molecule has 0 saturated carbocycles. The van der Waals surface area contributed by atoms with Gasteiger partial charge in [-0.3, -0.25) is 9.59 Å². The van der Waals surface area contributed by atoms with Crippen LogP contribution in [0.3, 0.4) is 0 Å². The van der Waals surface area contributed by atoms with Gasteiger partial charge in [-0.2, -0.15) is 0 Å². The number of fused-ring (bicyclic) bond motifs is 1. The van der Waals surface area contributed by atoms with Gasteiger partial charge in [-0.1, -0.05) is 18.2 Å². The molecule has 0 unspecified atom stereocenters. The number of para-hydroxylation sites is 1. The molecule has 0 radical (unpaired) electrons. The number of hydrogen-bond acceptors (Lipinski definition) is 6. The number of halogens is 2. The number of methoxy groups -OCH3 is 1. The van der Waals surface area contributed by atoms with E-state index >= 15 is 0 Å². The van der Waals surface area contributed by atoms with Gasteiger partial charge in [0.25, 0.3) is 0 Å². The highest BCUT2D eigenvalue weighted by molar-refractivity contribution is 14.1. The number of phenols is 1. The van der Waals surface area contributed by atoms with E-state index in [0.717, 1.165) is 26.5 Å². The number of nitrogens with two attached hydrogens (primary N) is 1. The minimum Gasteiger partial charge on any atom is -0.507 e. The molecule has 2 aromatic carbocycles. The summed E-state index contributed by atoms with van der Waals surface area (Å²) in [6.07, 6.45) is 2.22. The normalized spacial score (nSPS) is 13.6. The lowest BCUT2D eigenvalue weighted by molar-refractivity contribution is -0.145. The molecular formula is C24H26BrIN4O5. The van der Waals surface area contributed by atoms with E-state index in [9.17, 15) is 19.5 Å². The Bertz CT molecular complexity index is 1250. The van der Waals surface area contributed by atoms with Crippen LogP contribution in [0.2, 0.25) is 0 Å². The number of amides is 2. The Morgan fingerprint density at radius 2 is 1.91 bits per heavy atom. The van der Waals surface area contributed by atoms with Crippen molar-refractivity contribution in [3.63, 3.8) is 0 Å². The first-order valence-electron chi connectivity index (χ1n) is 10.8. The van der Waals surface area contributed by atoms with E-state index in [0.29, 0.717) is 3.57 Å². The van der Waals surface area contributed by atoms with E-state index in [-0.39, 0.29) is 18.6 Å².